The number of hydrogen-bond donors (Lipinski definition) is 1. The van der Waals surface area contributed by atoms with Gasteiger partial charge in [0.25, 0.3) is 5.91 Å². The molecule has 0 saturated carbocycles. The molecule has 4 rings (SSSR count). The number of carbonyl (C=O) groups excluding carboxylic acids is 2. The Morgan fingerprint density at radius 3 is 2.26 bits per heavy atom. The minimum absolute atomic E-state index is 0.147. The highest BCUT2D eigenvalue weighted by atomic mass is 19.4. The van der Waals surface area contributed by atoms with Crippen LogP contribution in [-0.2, 0) is 17.5 Å². The summed E-state index contributed by atoms with van der Waals surface area (Å²) >= 11 is 0. The second-order valence-electron chi connectivity index (χ2n) is 7.91. The molecule has 7 nitrogen and oxygen atoms in total. The number of hydrogen-bond acceptors (Lipinski definition) is 5. The third kappa shape index (κ3) is 6.08. The lowest BCUT2D eigenvalue weighted by molar-refractivity contribution is -0.138. The van der Waals surface area contributed by atoms with Crippen LogP contribution in [0.15, 0.2) is 72.9 Å². The fourth-order valence-electron chi connectivity index (χ4n) is 3.75. The minimum Gasteiger partial charge on any atom is -0.444 e. The van der Waals surface area contributed by atoms with Crippen LogP contribution in [0.2, 0.25) is 0 Å². The molecule has 2 amide bonds. The average Bonchev–Trinajstić information content (AvgIpc) is 2.88. The van der Waals surface area contributed by atoms with Crippen LogP contribution < -0.4 is 10.2 Å². The zero-order valence-corrected chi connectivity index (χ0v) is 18.7. The van der Waals surface area contributed by atoms with E-state index in [-0.39, 0.29) is 25.3 Å². The van der Waals surface area contributed by atoms with Crippen molar-refractivity contribution < 1.29 is 27.5 Å². The lowest BCUT2D eigenvalue weighted by Gasteiger charge is -2.35. The summed E-state index contributed by atoms with van der Waals surface area (Å²) in [6.07, 6.45) is -3.70. The molecule has 10 heteroatoms. The van der Waals surface area contributed by atoms with Gasteiger partial charge in [-0.1, -0.05) is 42.5 Å². The Balaban J connectivity index is 1.30. The molecule has 182 valence electrons. The molecule has 3 aromatic rings. The zero-order valence-electron chi connectivity index (χ0n) is 18.7. The Morgan fingerprint density at radius 2 is 1.60 bits per heavy atom. The van der Waals surface area contributed by atoms with Crippen LogP contribution in [0.5, 0.6) is 0 Å². The van der Waals surface area contributed by atoms with Crippen molar-refractivity contribution in [2.75, 3.05) is 36.4 Å². The highest BCUT2D eigenvalue weighted by Gasteiger charge is 2.36. The Hall–Kier alpha value is -4.08. The molecule has 1 aromatic heterocycles. The fraction of sp³-hybridized carbons (Fsp3) is 0.240. The van der Waals surface area contributed by atoms with E-state index >= 15 is 0 Å². The topological polar surface area (TPSA) is 74.8 Å². The molecule has 2 heterocycles. The summed E-state index contributed by atoms with van der Waals surface area (Å²) in [7, 11) is 0. The largest absolute Gasteiger partial charge is 0.444 e. The number of aromatic nitrogens is 1. The molecule has 1 fully saturated rings. The molecule has 0 aliphatic carbocycles. The van der Waals surface area contributed by atoms with Crippen molar-refractivity contribution >= 4 is 23.5 Å². The van der Waals surface area contributed by atoms with Gasteiger partial charge in [0.1, 0.15) is 12.4 Å². The monoisotopic (exact) mass is 484 g/mol. The van der Waals surface area contributed by atoms with E-state index < -0.39 is 23.7 Å². The number of pyridine rings is 1. The number of nitrogens with one attached hydrogen (secondary N) is 1. The van der Waals surface area contributed by atoms with E-state index in [2.05, 4.69) is 10.3 Å². The molecule has 1 N–H and O–H groups in total. The summed E-state index contributed by atoms with van der Waals surface area (Å²) in [4.78, 5) is 32.4. The summed E-state index contributed by atoms with van der Waals surface area (Å²) in [5.41, 5.74) is 0.0562. The second kappa shape index (κ2) is 10.5. The number of ether oxygens (including phenoxy) is 1. The van der Waals surface area contributed by atoms with Crippen molar-refractivity contribution in [3.63, 3.8) is 0 Å². The number of carbonyl (C=O) groups is 2. The van der Waals surface area contributed by atoms with Crippen LogP contribution >= 0.6 is 0 Å². The van der Waals surface area contributed by atoms with Gasteiger partial charge in [-0.3, -0.25) is 10.1 Å². The molecular weight excluding hydrogens is 461 g/mol. The van der Waals surface area contributed by atoms with E-state index in [0.29, 0.717) is 24.6 Å². The normalized spacial score (nSPS) is 13.9. The van der Waals surface area contributed by atoms with Gasteiger partial charge < -0.3 is 14.5 Å². The molecule has 2 aromatic carbocycles. The maximum Gasteiger partial charge on any atom is 0.417 e. The van der Waals surface area contributed by atoms with Crippen LogP contribution in [0, 0.1) is 0 Å². The summed E-state index contributed by atoms with van der Waals surface area (Å²) in [5, 5.41) is 2.61. The summed E-state index contributed by atoms with van der Waals surface area (Å²) < 4.78 is 45.0. The fourth-order valence-corrected chi connectivity index (χ4v) is 3.75. The SMILES string of the molecule is O=C(Nc1ccc(N2CCN(C(=O)c3ccccc3C(F)(F)F)CC2)nc1)OCc1ccccc1. The van der Waals surface area contributed by atoms with E-state index in [4.69, 9.17) is 4.74 Å². The second-order valence-corrected chi connectivity index (χ2v) is 7.91. The first kappa shape index (κ1) is 24.1. The van der Waals surface area contributed by atoms with Gasteiger partial charge in [-0.2, -0.15) is 13.2 Å². The van der Waals surface area contributed by atoms with Crippen molar-refractivity contribution in [2.45, 2.75) is 12.8 Å². The molecule has 0 radical (unpaired) electrons. The van der Waals surface area contributed by atoms with Crippen molar-refractivity contribution in [2.24, 2.45) is 0 Å². The summed E-state index contributed by atoms with van der Waals surface area (Å²) in [6.45, 7) is 1.50. The predicted octanol–water partition coefficient (Wildman–Crippen LogP) is 4.81. The maximum absolute atomic E-state index is 13.3. The van der Waals surface area contributed by atoms with Gasteiger partial charge in [0, 0.05) is 26.2 Å². The quantitative estimate of drug-likeness (QED) is 0.563. The maximum atomic E-state index is 13.3. The molecule has 35 heavy (non-hydrogen) atoms. The zero-order chi connectivity index (χ0) is 24.8. The number of anilines is 2. The van der Waals surface area contributed by atoms with E-state index in [0.717, 1.165) is 11.6 Å². The number of alkyl halides is 3. The first-order chi connectivity index (χ1) is 16.8. The number of halogens is 3. The Labute approximate surface area is 200 Å². The van der Waals surface area contributed by atoms with E-state index in [1.807, 2.05) is 35.2 Å². The van der Waals surface area contributed by atoms with Crippen molar-refractivity contribution in [1.29, 1.82) is 0 Å². The van der Waals surface area contributed by atoms with E-state index in [9.17, 15) is 22.8 Å². The van der Waals surface area contributed by atoms with E-state index in [1.54, 1.807) is 12.1 Å². The highest BCUT2D eigenvalue weighted by Crippen LogP contribution is 2.32. The van der Waals surface area contributed by atoms with Crippen LogP contribution in [0.4, 0.5) is 29.5 Å². The minimum atomic E-state index is -4.60. The summed E-state index contributed by atoms with van der Waals surface area (Å²) in [6, 6.07) is 17.5. The standard InChI is InChI=1S/C25H23F3N4O3/c26-25(27,28)21-9-5-4-8-20(21)23(33)32-14-12-31(13-15-32)22-11-10-19(16-29-22)30-24(34)35-17-18-6-2-1-3-7-18/h1-11,16H,12-15,17H2,(H,30,34). The average molecular weight is 484 g/mol. The van der Waals surface area contributed by atoms with Gasteiger partial charge in [0.2, 0.25) is 0 Å². The third-order valence-electron chi connectivity index (χ3n) is 5.56. The first-order valence-corrected chi connectivity index (χ1v) is 11.0. The lowest BCUT2D eigenvalue weighted by atomic mass is 10.1. The van der Waals surface area contributed by atoms with Crippen molar-refractivity contribution in [1.82, 2.24) is 9.88 Å². The van der Waals surface area contributed by atoms with Crippen LogP contribution in [0.3, 0.4) is 0 Å². The van der Waals surface area contributed by atoms with Gasteiger partial charge in [0.05, 0.1) is 23.0 Å². The number of benzene rings is 2. The number of nitrogens with zero attached hydrogens (tertiary/aromatic N) is 3. The van der Waals surface area contributed by atoms with Gasteiger partial charge in [-0.15, -0.1) is 0 Å². The highest BCUT2D eigenvalue weighted by molar-refractivity contribution is 5.96. The Kier molecular flexibility index (Phi) is 7.19. The van der Waals surface area contributed by atoms with Gasteiger partial charge in [-0.05, 0) is 29.8 Å². The third-order valence-corrected chi connectivity index (χ3v) is 5.56. The molecular formula is C25H23F3N4O3. The lowest BCUT2D eigenvalue weighted by Crippen LogP contribution is -2.49. The Bertz CT molecular complexity index is 1160. The van der Waals surface area contributed by atoms with Gasteiger partial charge in [-0.25, -0.2) is 9.78 Å². The molecule has 0 spiro atoms. The number of piperazine rings is 1. The van der Waals surface area contributed by atoms with Crippen LogP contribution in [0.25, 0.3) is 0 Å². The van der Waals surface area contributed by atoms with Gasteiger partial charge in [0.15, 0.2) is 0 Å². The van der Waals surface area contributed by atoms with Crippen LogP contribution in [0.1, 0.15) is 21.5 Å². The predicted molar refractivity (Wildman–Crippen MR) is 124 cm³/mol. The number of amides is 2. The molecule has 1 saturated heterocycles. The first-order valence-electron chi connectivity index (χ1n) is 11.0. The van der Waals surface area contributed by atoms with Crippen molar-refractivity contribution in [3.05, 3.63) is 89.6 Å². The molecule has 0 unspecified atom stereocenters. The van der Waals surface area contributed by atoms with Crippen molar-refractivity contribution in [3.8, 4) is 0 Å². The number of rotatable bonds is 5. The smallest absolute Gasteiger partial charge is 0.417 e. The molecule has 0 atom stereocenters. The van der Waals surface area contributed by atoms with E-state index in [1.165, 1.54) is 29.3 Å². The summed E-state index contributed by atoms with van der Waals surface area (Å²) in [5.74, 6) is -0.00455. The van der Waals surface area contributed by atoms with Gasteiger partial charge >= 0.3 is 12.3 Å². The molecule has 1 aliphatic rings. The van der Waals surface area contributed by atoms with Crippen LogP contribution in [-0.4, -0.2) is 48.1 Å². The molecule has 1 aliphatic heterocycles. The Morgan fingerprint density at radius 1 is 0.914 bits per heavy atom. The molecule has 0 bridgehead atoms.